The van der Waals surface area contributed by atoms with Gasteiger partial charge in [-0.05, 0) is 0 Å². The number of nitrogens with zero attached hydrogens (tertiary/aromatic N) is 2. The normalized spacial score (nSPS) is 8.47. The van der Waals surface area contributed by atoms with Crippen LogP contribution in [0, 0.1) is 23.3 Å². The van der Waals surface area contributed by atoms with Gasteiger partial charge >= 0.3 is 51.4 Å². The zero-order valence-corrected chi connectivity index (χ0v) is 13.7. The van der Waals surface area contributed by atoms with Crippen LogP contribution >= 0.6 is 0 Å². The number of benzene rings is 1. The summed E-state index contributed by atoms with van der Waals surface area (Å²) in [7, 11) is 0. The summed E-state index contributed by atoms with van der Waals surface area (Å²) in [6.45, 7) is 7.96. The van der Waals surface area contributed by atoms with Gasteiger partial charge in [-0.2, -0.15) is 39.1 Å². The van der Waals surface area contributed by atoms with Crippen LogP contribution in [-0.2, 0) is 0 Å². The fourth-order valence-electron chi connectivity index (χ4n) is 0.676. The van der Waals surface area contributed by atoms with Crippen molar-refractivity contribution in [2.45, 2.75) is 35.1 Å². The Bertz CT molecular complexity index is 331. The molecule has 0 radical (unpaired) electrons. The molecule has 0 N–H and O–H groups in total. The Kier molecular flexibility index (Phi) is 18.4. The molecule has 2 nitrogen and oxygen atoms in total. The second-order valence-corrected chi connectivity index (χ2v) is 3.41. The first kappa shape index (κ1) is 22.2. The second kappa shape index (κ2) is 14.1. The first-order chi connectivity index (χ1) is 7.10. The fourth-order valence-corrected chi connectivity index (χ4v) is 0.676. The zero-order chi connectivity index (χ0) is 11.7. The summed E-state index contributed by atoms with van der Waals surface area (Å²) in [4.78, 5) is 3.87. The van der Waals surface area contributed by atoms with Crippen LogP contribution in [0.15, 0.2) is 23.2 Å². The smallest absolute Gasteiger partial charge is 0.482 e. The molecule has 0 atom stereocenters. The van der Waals surface area contributed by atoms with Crippen LogP contribution in [0.2, 0.25) is 0 Å². The van der Waals surface area contributed by atoms with Crippen molar-refractivity contribution < 1.29 is 51.4 Å². The molecular weight excluding hydrogens is 235 g/mol. The van der Waals surface area contributed by atoms with Gasteiger partial charge in [0.2, 0.25) is 0 Å². The van der Waals surface area contributed by atoms with Gasteiger partial charge in [0.15, 0.2) is 0 Å². The Morgan fingerprint density at radius 1 is 1.35 bits per heavy atom. The summed E-state index contributed by atoms with van der Waals surface area (Å²) in [5, 5.41) is 8.44. The molecule has 1 aromatic carbocycles. The Balaban J connectivity index is -0.000000289. The fraction of sp³-hybridized carbons (Fsp3) is 0.357. The minimum absolute atomic E-state index is 0. The van der Waals surface area contributed by atoms with Gasteiger partial charge in [-0.1, -0.05) is 13.0 Å². The van der Waals surface area contributed by atoms with Crippen molar-refractivity contribution in [1.82, 2.24) is 0 Å². The third-order valence-corrected chi connectivity index (χ3v) is 1.16. The molecule has 88 valence electrons. The van der Waals surface area contributed by atoms with Crippen molar-refractivity contribution in [3.8, 4) is 6.07 Å². The van der Waals surface area contributed by atoms with Gasteiger partial charge < -0.3 is 10.9 Å². The van der Waals surface area contributed by atoms with Crippen LogP contribution in [0.25, 0.3) is 0 Å². The predicted molar refractivity (Wildman–Crippen MR) is 69.8 cm³/mol. The summed E-state index contributed by atoms with van der Waals surface area (Å²) in [5.74, 6) is 1.42. The van der Waals surface area contributed by atoms with Gasteiger partial charge in [-0.25, -0.2) is 17.0 Å². The number of hydrogen-bond acceptors (Lipinski definition) is 2. The first-order valence-electron chi connectivity index (χ1n) is 4.66. The van der Waals surface area contributed by atoms with Gasteiger partial charge in [0.05, 0.1) is 0 Å². The van der Waals surface area contributed by atoms with Crippen molar-refractivity contribution in [2.24, 2.45) is 4.99 Å². The van der Waals surface area contributed by atoms with Gasteiger partial charge in [0.25, 0.3) is 0 Å². The third kappa shape index (κ3) is 14.0. The monoisotopic (exact) mass is 254 g/mol. The number of hydrogen-bond donors (Lipinski definition) is 0. The number of rotatable bonds is 1. The molecule has 0 unspecified atom stereocenters. The van der Waals surface area contributed by atoms with Gasteiger partial charge in [0.1, 0.15) is 0 Å². The molecule has 0 aromatic heterocycles. The summed E-state index contributed by atoms with van der Waals surface area (Å²) in [6.07, 6.45) is 2.63. The maximum atomic E-state index is 8.44. The van der Waals surface area contributed by atoms with Crippen molar-refractivity contribution in [1.29, 1.82) is 5.26 Å². The van der Waals surface area contributed by atoms with Crippen LogP contribution in [0.5, 0.6) is 0 Å². The number of nitriles is 1. The summed E-state index contributed by atoms with van der Waals surface area (Å²) in [5.41, 5.74) is 1.30. The van der Waals surface area contributed by atoms with Crippen LogP contribution in [0.3, 0.4) is 0 Å². The van der Waals surface area contributed by atoms with E-state index in [-0.39, 0.29) is 58.8 Å². The van der Waals surface area contributed by atoms with Gasteiger partial charge in [-0.15, -0.1) is 6.92 Å². The van der Waals surface area contributed by atoms with Crippen LogP contribution in [0.4, 0.5) is 5.69 Å². The largest absolute Gasteiger partial charge is 1.00 e. The maximum absolute atomic E-state index is 8.44. The molecule has 0 aliphatic carbocycles. The van der Waals surface area contributed by atoms with E-state index in [9.17, 15) is 0 Å². The van der Waals surface area contributed by atoms with Crippen LogP contribution < -0.4 is 51.4 Å². The molecule has 1 rings (SSSR count). The Hall–Kier alpha value is 0.0164. The predicted octanol–water partition coefficient (Wildman–Crippen LogP) is 1.22. The molecule has 3 heteroatoms. The van der Waals surface area contributed by atoms with E-state index in [2.05, 4.69) is 38.0 Å². The van der Waals surface area contributed by atoms with Crippen LogP contribution in [0.1, 0.15) is 40.7 Å². The van der Waals surface area contributed by atoms with Crippen molar-refractivity contribution in [3.63, 3.8) is 0 Å². The summed E-state index contributed by atoms with van der Waals surface area (Å²) < 4.78 is 0. The first-order valence-corrected chi connectivity index (χ1v) is 4.66. The van der Waals surface area contributed by atoms with E-state index in [1.807, 2.05) is 6.07 Å². The molecule has 0 saturated heterocycles. The molecule has 17 heavy (non-hydrogen) atoms. The van der Waals surface area contributed by atoms with Gasteiger partial charge in [0, 0.05) is 6.07 Å². The molecule has 1 aromatic rings. The molecular formula is C14H19KN2-2. The van der Waals surface area contributed by atoms with Crippen LogP contribution in [-0.4, -0.2) is 6.21 Å². The molecule has 0 fully saturated rings. The molecule has 0 saturated carbocycles. The Morgan fingerprint density at radius 2 is 1.88 bits per heavy atom. The SMILES string of the molecule is C.C[C-](C)C.C[C-]=Nc1[c-]cc(C#N)cc1.[K+]. The Labute approximate surface area is 149 Å². The minimum Gasteiger partial charge on any atom is -0.482 e. The Morgan fingerprint density at radius 3 is 2.18 bits per heavy atom. The quantitative estimate of drug-likeness (QED) is 0.422. The standard InChI is InChI=1S/C9H6N2.C4H9.CH4.K/c1-2-11-9-5-3-8(7-10)4-6-9;1-4(2)3;;/h3-5H,1H3;1-3H3;1H4;/q-2;-1;;+1. The molecule has 0 aliphatic heterocycles. The summed E-state index contributed by atoms with van der Waals surface area (Å²) in [6, 6.07) is 9.88. The third-order valence-electron chi connectivity index (χ3n) is 1.16. The average molecular weight is 254 g/mol. The summed E-state index contributed by atoms with van der Waals surface area (Å²) >= 11 is 0. The van der Waals surface area contributed by atoms with E-state index in [1.165, 1.54) is 5.92 Å². The number of aliphatic imine (C=N–C) groups is 1. The van der Waals surface area contributed by atoms with E-state index < -0.39 is 0 Å². The van der Waals surface area contributed by atoms with Crippen molar-refractivity contribution >= 4 is 11.9 Å². The van der Waals surface area contributed by atoms with Crippen molar-refractivity contribution in [2.75, 3.05) is 0 Å². The topological polar surface area (TPSA) is 36.1 Å². The van der Waals surface area contributed by atoms with Crippen molar-refractivity contribution in [3.05, 3.63) is 35.7 Å². The molecule has 0 bridgehead atoms. The molecule has 0 amide bonds. The average Bonchev–Trinajstić information content (AvgIpc) is 2.19. The van der Waals surface area contributed by atoms with E-state index >= 15 is 0 Å². The van der Waals surface area contributed by atoms with E-state index in [0.717, 1.165) is 0 Å². The maximum Gasteiger partial charge on any atom is 1.00 e. The van der Waals surface area contributed by atoms with E-state index in [4.69, 9.17) is 5.26 Å². The van der Waals surface area contributed by atoms with Gasteiger partial charge in [-0.3, -0.25) is 6.07 Å². The zero-order valence-electron chi connectivity index (χ0n) is 10.6. The molecule has 0 heterocycles. The van der Waals surface area contributed by atoms with E-state index in [1.54, 1.807) is 25.1 Å². The molecule has 0 aliphatic rings. The minimum atomic E-state index is 0. The van der Waals surface area contributed by atoms with E-state index in [0.29, 0.717) is 11.3 Å². The second-order valence-electron chi connectivity index (χ2n) is 3.41. The molecule has 0 spiro atoms.